The normalized spacial score (nSPS) is 10.2. The minimum absolute atomic E-state index is 0.0450. The summed E-state index contributed by atoms with van der Waals surface area (Å²) < 4.78 is 13.2. The number of hydrogen-bond acceptors (Lipinski definition) is 2. The van der Waals surface area contributed by atoms with Crippen LogP contribution in [0.1, 0.15) is 10.4 Å². The van der Waals surface area contributed by atoms with E-state index in [0.29, 0.717) is 0 Å². The van der Waals surface area contributed by atoms with Gasteiger partial charge in [-0.25, -0.2) is 4.39 Å². The fraction of sp³-hybridized carbons (Fsp3) is 0.273. The Bertz CT molecular complexity index is 441. The highest BCUT2D eigenvalue weighted by atomic mass is 35.5. The summed E-state index contributed by atoms with van der Waals surface area (Å²) in [6.07, 6.45) is 0. The molecule has 18 heavy (non-hydrogen) atoms. The number of rotatable bonds is 5. The first-order valence-corrected chi connectivity index (χ1v) is 5.98. The van der Waals surface area contributed by atoms with Crippen molar-refractivity contribution in [3.63, 3.8) is 0 Å². The van der Waals surface area contributed by atoms with Crippen LogP contribution in [0.4, 0.5) is 4.39 Å². The van der Waals surface area contributed by atoms with Crippen LogP contribution in [-0.4, -0.2) is 29.7 Å². The highest BCUT2D eigenvalue weighted by Crippen LogP contribution is 2.05. The van der Waals surface area contributed by atoms with Crippen LogP contribution in [0.2, 0.25) is 0 Å². The van der Waals surface area contributed by atoms with Crippen LogP contribution in [0.25, 0.3) is 0 Å². The van der Waals surface area contributed by atoms with Crippen molar-refractivity contribution in [2.45, 2.75) is 4.84 Å². The van der Waals surface area contributed by atoms with Crippen LogP contribution in [0, 0.1) is 5.82 Å². The van der Waals surface area contributed by atoms with E-state index in [1.54, 1.807) is 6.07 Å². The molecule has 0 aliphatic rings. The van der Waals surface area contributed by atoms with Gasteiger partial charge < -0.3 is 10.6 Å². The van der Waals surface area contributed by atoms with Gasteiger partial charge in [-0.05, 0) is 12.1 Å². The summed E-state index contributed by atoms with van der Waals surface area (Å²) >= 11 is 10.6. The molecule has 2 N–H and O–H groups in total. The van der Waals surface area contributed by atoms with Crippen LogP contribution in [-0.2, 0) is 4.79 Å². The fourth-order valence-corrected chi connectivity index (χ4v) is 1.33. The van der Waals surface area contributed by atoms with E-state index in [-0.39, 0.29) is 18.7 Å². The highest BCUT2D eigenvalue weighted by Gasteiger charge is 2.11. The van der Waals surface area contributed by atoms with Crippen molar-refractivity contribution in [1.82, 2.24) is 10.6 Å². The van der Waals surface area contributed by atoms with Gasteiger partial charge in [-0.15, -0.1) is 0 Å². The van der Waals surface area contributed by atoms with E-state index in [4.69, 9.17) is 23.2 Å². The van der Waals surface area contributed by atoms with E-state index < -0.39 is 22.5 Å². The standard InChI is InChI=1S/C11H11Cl2FN2O2/c12-9(13)11(18)16-6-5-15-10(17)7-3-1-2-4-8(7)14/h1-4,9H,5-6H2,(H,15,17)(H,16,18). The second-order valence-electron chi connectivity index (χ2n) is 3.33. The maximum absolute atomic E-state index is 13.2. The lowest BCUT2D eigenvalue weighted by atomic mass is 10.2. The third kappa shape index (κ3) is 4.50. The first-order chi connectivity index (χ1) is 8.52. The summed E-state index contributed by atoms with van der Waals surface area (Å²) in [7, 11) is 0. The van der Waals surface area contributed by atoms with Crippen molar-refractivity contribution >= 4 is 35.0 Å². The number of hydrogen-bond donors (Lipinski definition) is 2. The largest absolute Gasteiger partial charge is 0.352 e. The topological polar surface area (TPSA) is 58.2 Å². The molecule has 0 bridgehead atoms. The van der Waals surface area contributed by atoms with Gasteiger partial charge in [0.05, 0.1) is 5.56 Å². The summed E-state index contributed by atoms with van der Waals surface area (Å²) in [5.41, 5.74) is -0.0450. The van der Waals surface area contributed by atoms with Crippen molar-refractivity contribution in [3.8, 4) is 0 Å². The summed E-state index contributed by atoms with van der Waals surface area (Å²) in [5.74, 6) is -1.69. The average molecular weight is 293 g/mol. The van der Waals surface area contributed by atoms with Gasteiger partial charge in [0.2, 0.25) is 0 Å². The zero-order chi connectivity index (χ0) is 13.5. The number of halogens is 3. The van der Waals surface area contributed by atoms with Crippen molar-refractivity contribution < 1.29 is 14.0 Å². The van der Waals surface area contributed by atoms with E-state index in [9.17, 15) is 14.0 Å². The van der Waals surface area contributed by atoms with Crippen LogP contribution >= 0.6 is 23.2 Å². The second-order valence-corrected chi connectivity index (χ2v) is 4.42. The van der Waals surface area contributed by atoms with Gasteiger partial charge in [0.25, 0.3) is 11.8 Å². The molecule has 98 valence electrons. The number of amides is 2. The number of nitrogens with one attached hydrogen (secondary N) is 2. The Morgan fingerprint density at radius 2 is 1.78 bits per heavy atom. The molecule has 1 rings (SSSR count). The first-order valence-electron chi connectivity index (χ1n) is 5.11. The summed E-state index contributed by atoms with van der Waals surface area (Å²) in [6, 6.07) is 5.62. The van der Waals surface area contributed by atoms with Crippen LogP contribution in [0.5, 0.6) is 0 Å². The van der Waals surface area contributed by atoms with Gasteiger partial charge in [0.1, 0.15) is 5.82 Å². The molecule has 0 saturated carbocycles. The molecule has 0 heterocycles. The van der Waals surface area contributed by atoms with E-state index in [2.05, 4.69) is 10.6 Å². The Labute approximate surface area is 113 Å². The minimum atomic E-state index is -1.15. The summed E-state index contributed by atoms with van der Waals surface area (Å²) in [6.45, 7) is 0.314. The molecule has 0 unspecified atom stereocenters. The number of carbonyl (C=O) groups is 2. The Kier molecular flexibility index (Phi) is 5.88. The molecule has 4 nitrogen and oxygen atoms in total. The zero-order valence-corrected chi connectivity index (χ0v) is 10.8. The smallest absolute Gasteiger partial charge is 0.254 e. The molecule has 0 radical (unpaired) electrons. The summed E-state index contributed by atoms with van der Waals surface area (Å²) in [4.78, 5) is 21.3. The fourth-order valence-electron chi connectivity index (χ4n) is 1.18. The Balaban J connectivity index is 2.35. The third-order valence-electron chi connectivity index (χ3n) is 2.03. The molecule has 0 saturated heterocycles. The lowest BCUT2D eigenvalue weighted by Crippen LogP contribution is -2.37. The van der Waals surface area contributed by atoms with Crippen LogP contribution in [0.15, 0.2) is 24.3 Å². The molecule has 2 amide bonds. The van der Waals surface area contributed by atoms with Crippen molar-refractivity contribution in [2.24, 2.45) is 0 Å². The highest BCUT2D eigenvalue weighted by molar-refractivity contribution is 6.53. The molecule has 1 aromatic rings. The van der Waals surface area contributed by atoms with E-state index in [1.165, 1.54) is 18.2 Å². The zero-order valence-electron chi connectivity index (χ0n) is 9.25. The Morgan fingerprint density at radius 3 is 2.39 bits per heavy atom. The van der Waals surface area contributed by atoms with Gasteiger partial charge in [-0.2, -0.15) is 0 Å². The van der Waals surface area contributed by atoms with E-state index in [0.717, 1.165) is 0 Å². The third-order valence-corrected chi connectivity index (χ3v) is 2.42. The minimum Gasteiger partial charge on any atom is -0.352 e. The molecule has 0 fully saturated rings. The molecule has 0 atom stereocenters. The second kappa shape index (κ2) is 7.18. The summed E-state index contributed by atoms with van der Waals surface area (Å²) in [5, 5.41) is 4.85. The van der Waals surface area contributed by atoms with Gasteiger partial charge in [0.15, 0.2) is 4.84 Å². The Hall–Kier alpha value is -1.33. The maximum atomic E-state index is 13.2. The first kappa shape index (κ1) is 14.7. The van der Waals surface area contributed by atoms with E-state index >= 15 is 0 Å². The number of carbonyl (C=O) groups excluding carboxylic acids is 2. The maximum Gasteiger partial charge on any atom is 0.254 e. The molecular formula is C11H11Cl2FN2O2. The monoisotopic (exact) mass is 292 g/mol. The molecule has 7 heteroatoms. The average Bonchev–Trinajstić information content (AvgIpc) is 2.34. The molecule has 0 aliphatic carbocycles. The van der Waals surface area contributed by atoms with Gasteiger partial charge in [-0.3, -0.25) is 9.59 Å². The quantitative estimate of drug-likeness (QED) is 0.638. The molecular weight excluding hydrogens is 282 g/mol. The molecule has 0 aliphatic heterocycles. The van der Waals surface area contributed by atoms with Crippen molar-refractivity contribution in [3.05, 3.63) is 35.6 Å². The lowest BCUT2D eigenvalue weighted by Gasteiger charge is -2.07. The predicted octanol–water partition coefficient (Wildman–Crippen LogP) is 1.48. The number of alkyl halides is 2. The van der Waals surface area contributed by atoms with Crippen molar-refractivity contribution in [1.29, 1.82) is 0 Å². The molecule has 1 aromatic carbocycles. The lowest BCUT2D eigenvalue weighted by molar-refractivity contribution is -0.119. The van der Waals surface area contributed by atoms with Gasteiger partial charge >= 0.3 is 0 Å². The Morgan fingerprint density at radius 1 is 1.17 bits per heavy atom. The van der Waals surface area contributed by atoms with Crippen LogP contribution < -0.4 is 10.6 Å². The van der Waals surface area contributed by atoms with Gasteiger partial charge in [0, 0.05) is 13.1 Å². The number of benzene rings is 1. The molecule has 0 aromatic heterocycles. The SMILES string of the molecule is O=C(NCCNC(=O)C(Cl)Cl)c1ccccc1F. The van der Waals surface area contributed by atoms with Crippen molar-refractivity contribution in [2.75, 3.05) is 13.1 Å². The predicted molar refractivity (Wildman–Crippen MR) is 67.2 cm³/mol. The van der Waals surface area contributed by atoms with E-state index in [1.807, 2.05) is 0 Å². The van der Waals surface area contributed by atoms with Gasteiger partial charge in [-0.1, -0.05) is 35.3 Å². The molecule has 0 spiro atoms. The van der Waals surface area contributed by atoms with Crippen LogP contribution in [0.3, 0.4) is 0 Å².